The third-order valence-electron chi connectivity index (χ3n) is 4.19. The van der Waals surface area contributed by atoms with Crippen LogP contribution in [0.15, 0.2) is 51.9 Å². The molecule has 0 aliphatic rings. The third kappa shape index (κ3) is 4.92. The number of amides is 1. The molecule has 4 nitrogen and oxygen atoms in total. The number of unbranched alkanes of at least 4 members (excludes halogenated alkanes) is 2. The molecule has 0 aliphatic heterocycles. The molecule has 0 radical (unpaired) electrons. The molecule has 3 aromatic rings. The van der Waals surface area contributed by atoms with E-state index in [2.05, 4.69) is 33.8 Å². The Kier molecular flexibility index (Phi) is 7.07. The zero-order valence-corrected chi connectivity index (χ0v) is 18.1. The molecule has 1 amide bonds. The van der Waals surface area contributed by atoms with Gasteiger partial charge < -0.3 is 9.30 Å². The van der Waals surface area contributed by atoms with Gasteiger partial charge in [0.05, 0.1) is 23.4 Å². The average molecular weight is 457 g/mol. The fourth-order valence-electron chi connectivity index (χ4n) is 2.79. The van der Waals surface area contributed by atoms with E-state index in [9.17, 15) is 4.79 Å². The van der Waals surface area contributed by atoms with E-state index >= 15 is 0 Å². The minimum Gasteiger partial charge on any atom is -0.494 e. The summed E-state index contributed by atoms with van der Waals surface area (Å²) in [6.07, 6.45) is 8.80. The van der Waals surface area contributed by atoms with Crippen LogP contribution in [-0.4, -0.2) is 17.1 Å². The lowest BCUT2D eigenvalue weighted by Gasteiger charge is -2.06. The van der Waals surface area contributed by atoms with Crippen molar-refractivity contribution in [1.82, 2.24) is 4.57 Å². The summed E-state index contributed by atoms with van der Waals surface area (Å²) in [5, 5.41) is 0. The lowest BCUT2D eigenvalue weighted by Crippen LogP contribution is -2.16. The first-order valence-corrected chi connectivity index (χ1v) is 10.8. The van der Waals surface area contributed by atoms with E-state index in [1.165, 1.54) is 11.3 Å². The van der Waals surface area contributed by atoms with Crippen LogP contribution in [-0.2, 0) is 6.54 Å². The summed E-state index contributed by atoms with van der Waals surface area (Å²) < 4.78 is 9.62. The SMILES string of the molecule is C#CCn1c(=NC(=O)c2cccc(OCCCCC)c2)sc2cc(Br)ccc21. The van der Waals surface area contributed by atoms with Crippen molar-refractivity contribution < 1.29 is 9.53 Å². The van der Waals surface area contributed by atoms with Gasteiger partial charge in [-0.05, 0) is 42.8 Å². The summed E-state index contributed by atoms with van der Waals surface area (Å²) in [6, 6.07) is 13.1. The molecule has 0 saturated carbocycles. The Hall–Kier alpha value is -2.36. The van der Waals surface area contributed by atoms with Crippen LogP contribution in [0.5, 0.6) is 5.75 Å². The highest BCUT2D eigenvalue weighted by atomic mass is 79.9. The van der Waals surface area contributed by atoms with Crippen LogP contribution in [0.25, 0.3) is 10.2 Å². The van der Waals surface area contributed by atoms with Gasteiger partial charge in [0, 0.05) is 10.0 Å². The number of benzene rings is 2. The number of nitrogens with zero attached hydrogens (tertiary/aromatic N) is 2. The lowest BCUT2D eigenvalue weighted by molar-refractivity contribution is 0.0997. The van der Waals surface area contributed by atoms with Crippen LogP contribution in [0.1, 0.15) is 36.5 Å². The molecule has 0 unspecified atom stereocenters. The number of terminal acetylenes is 1. The molecule has 0 N–H and O–H groups in total. The number of ether oxygens (including phenoxy) is 1. The predicted molar refractivity (Wildman–Crippen MR) is 118 cm³/mol. The Morgan fingerprint density at radius 3 is 2.93 bits per heavy atom. The maximum absolute atomic E-state index is 12.8. The van der Waals surface area contributed by atoms with E-state index in [0.717, 1.165) is 34.0 Å². The molecule has 3 rings (SSSR count). The Morgan fingerprint density at radius 1 is 1.29 bits per heavy atom. The van der Waals surface area contributed by atoms with Gasteiger partial charge in [0.2, 0.25) is 0 Å². The molecule has 0 atom stereocenters. The molecule has 0 saturated heterocycles. The normalized spacial score (nSPS) is 11.5. The molecule has 144 valence electrons. The molecule has 28 heavy (non-hydrogen) atoms. The van der Waals surface area contributed by atoms with E-state index in [1.807, 2.05) is 34.9 Å². The first kappa shape index (κ1) is 20.4. The van der Waals surface area contributed by atoms with Crippen molar-refractivity contribution >= 4 is 43.4 Å². The van der Waals surface area contributed by atoms with Crippen LogP contribution in [0.3, 0.4) is 0 Å². The molecule has 0 spiro atoms. The van der Waals surface area contributed by atoms with Gasteiger partial charge in [0.1, 0.15) is 5.75 Å². The van der Waals surface area contributed by atoms with Gasteiger partial charge in [-0.1, -0.05) is 59.0 Å². The van der Waals surface area contributed by atoms with E-state index < -0.39 is 0 Å². The molecular formula is C22H21BrN2O2S. The van der Waals surface area contributed by atoms with E-state index in [1.54, 1.807) is 12.1 Å². The monoisotopic (exact) mass is 456 g/mol. The number of aromatic nitrogens is 1. The van der Waals surface area contributed by atoms with Gasteiger partial charge in [-0.25, -0.2) is 0 Å². The van der Waals surface area contributed by atoms with Gasteiger partial charge in [-0.3, -0.25) is 4.79 Å². The quantitative estimate of drug-likeness (QED) is 0.352. The summed E-state index contributed by atoms with van der Waals surface area (Å²) in [4.78, 5) is 17.7. The Morgan fingerprint density at radius 2 is 2.14 bits per heavy atom. The predicted octanol–water partition coefficient (Wildman–Crippen LogP) is 5.41. The highest BCUT2D eigenvalue weighted by Gasteiger charge is 2.10. The number of carbonyl (C=O) groups excluding carboxylic acids is 1. The molecule has 0 bridgehead atoms. The average Bonchev–Trinajstić information content (AvgIpc) is 3.02. The number of hydrogen-bond donors (Lipinski definition) is 0. The highest BCUT2D eigenvalue weighted by molar-refractivity contribution is 9.10. The Balaban J connectivity index is 1.90. The Labute approximate surface area is 177 Å². The molecule has 6 heteroatoms. The molecular weight excluding hydrogens is 436 g/mol. The van der Waals surface area contributed by atoms with Crippen LogP contribution in [0, 0.1) is 12.3 Å². The number of hydrogen-bond acceptors (Lipinski definition) is 3. The molecule has 2 aromatic carbocycles. The van der Waals surface area contributed by atoms with Crippen molar-refractivity contribution in [3.63, 3.8) is 0 Å². The highest BCUT2D eigenvalue weighted by Crippen LogP contribution is 2.22. The Bertz CT molecular complexity index is 1090. The van der Waals surface area contributed by atoms with Gasteiger partial charge in [-0.15, -0.1) is 6.42 Å². The minimum absolute atomic E-state index is 0.310. The topological polar surface area (TPSA) is 43.6 Å². The van der Waals surface area contributed by atoms with Crippen LogP contribution in [0.4, 0.5) is 0 Å². The number of halogens is 1. The third-order valence-corrected chi connectivity index (χ3v) is 5.72. The number of carbonyl (C=O) groups is 1. The maximum atomic E-state index is 12.8. The van der Waals surface area contributed by atoms with Crippen molar-refractivity contribution in [2.24, 2.45) is 4.99 Å². The fraction of sp³-hybridized carbons (Fsp3) is 0.273. The van der Waals surface area contributed by atoms with Crippen molar-refractivity contribution in [2.45, 2.75) is 32.7 Å². The second-order valence-electron chi connectivity index (χ2n) is 6.29. The zero-order valence-electron chi connectivity index (χ0n) is 15.7. The molecule has 1 heterocycles. The summed E-state index contributed by atoms with van der Waals surface area (Å²) >= 11 is 4.92. The zero-order chi connectivity index (χ0) is 19.9. The van der Waals surface area contributed by atoms with Gasteiger partial charge >= 0.3 is 0 Å². The van der Waals surface area contributed by atoms with Gasteiger partial charge in [0.15, 0.2) is 4.80 Å². The van der Waals surface area contributed by atoms with Crippen LogP contribution in [0.2, 0.25) is 0 Å². The summed E-state index contributed by atoms with van der Waals surface area (Å²) in [7, 11) is 0. The smallest absolute Gasteiger partial charge is 0.279 e. The number of rotatable bonds is 7. The van der Waals surface area contributed by atoms with Crippen molar-refractivity contribution in [3.8, 4) is 18.1 Å². The second kappa shape index (κ2) is 9.72. The van der Waals surface area contributed by atoms with E-state index in [4.69, 9.17) is 11.2 Å². The lowest BCUT2D eigenvalue weighted by atomic mass is 10.2. The fourth-order valence-corrected chi connectivity index (χ4v) is 4.37. The summed E-state index contributed by atoms with van der Waals surface area (Å²) in [5.74, 6) is 3.02. The molecule has 1 aromatic heterocycles. The number of fused-ring (bicyclic) bond motifs is 1. The maximum Gasteiger partial charge on any atom is 0.279 e. The van der Waals surface area contributed by atoms with Crippen molar-refractivity contribution in [3.05, 3.63) is 57.3 Å². The standard InChI is InChI=1S/C22H21BrN2O2S/c1-3-5-6-13-27-18-9-7-8-16(14-18)21(26)24-22-25(12-4-2)19-11-10-17(23)15-20(19)28-22/h2,7-11,14-15H,3,5-6,12-13H2,1H3. The summed E-state index contributed by atoms with van der Waals surface area (Å²) in [6.45, 7) is 3.16. The van der Waals surface area contributed by atoms with Crippen LogP contribution >= 0.6 is 27.3 Å². The van der Waals surface area contributed by atoms with Crippen molar-refractivity contribution in [1.29, 1.82) is 0 Å². The second-order valence-corrected chi connectivity index (χ2v) is 8.21. The van der Waals surface area contributed by atoms with E-state index in [0.29, 0.717) is 29.3 Å². The van der Waals surface area contributed by atoms with Gasteiger partial charge in [0.25, 0.3) is 5.91 Å². The van der Waals surface area contributed by atoms with E-state index in [-0.39, 0.29) is 5.91 Å². The summed E-state index contributed by atoms with van der Waals surface area (Å²) in [5.41, 5.74) is 1.46. The largest absolute Gasteiger partial charge is 0.494 e. The number of thiazole rings is 1. The minimum atomic E-state index is -0.310. The van der Waals surface area contributed by atoms with Gasteiger partial charge in [-0.2, -0.15) is 4.99 Å². The van der Waals surface area contributed by atoms with Crippen LogP contribution < -0.4 is 9.54 Å². The first-order chi connectivity index (χ1) is 13.6. The first-order valence-electron chi connectivity index (χ1n) is 9.16. The molecule has 0 fully saturated rings. The van der Waals surface area contributed by atoms with Crippen molar-refractivity contribution in [2.75, 3.05) is 6.61 Å². The molecule has 0 aliphatic carbocycles.